The molecule has 0 aliphatic carbocycles. The Balaban J connectivity index is 1.84. The van der Waals surface area contributed by atoms with Crippen molar-refractivity contribution in [3.63, 3.8) is 0 Å². The summed E-state index contributed by atoms with van der Waals surface area (Å²) in [4.78, 5) is 27.5. The summed E-state index contributed by atoms with van der Waals surface area (Å²) in [7, 11) is 1.60. The van der Waals surface area contributed by atoms with Crippen LogP contribution < -0.4 is 15.6 Å². The maximum atomic E-state index is 12.5. The third-order valence-corrected chi connectivity index (χ3v) is 4.02. The highest BCUT2D eigenvalue weighted by atomic mass is 16.5. The number of carbonyl (C=O) groups excluding carboxylic acids is 1. The Morgan fingerprint density at radius 1 is 1.12 bits per heavy atom. The first-order valence-electron chi connectivity index (χ1n) is 7.63. The van der Waals surface area contributed by atoms with Crippen LogP contribution in [0.2, 0.25) is 0 Å². The van der Waals surface area contributed by atoms with E-state index in [2.05, 4.69) is 10.3 Å². The predicted octanol–water partition coefficient (Wildman–Crippen LogP) is 2.78. The smallest absolute Gasteiger partial charge is 0.261 e. The number of nitrogens with one attached hydrogen (secondary N) is 2. The van der Waals surface area contributed by atoms with Crippen LogP contribution in [0.5, 0.6) is 5.75 Å². The van der Waals surface area contributed by atoms with Gasteiger partial charge in [-0.05, 0) is 36.2 Å². The Kier molecular flexibility index (Phi) is 4.33. The minimum absolute atomic E-state index is 0.155. The molecule has 2 N–H and O–H groups in total. The SMILES string of the molecule is COc1ccc(CNC(=O)c2c(C)c3ccccc3[nH]c2=O)cc1. The fraction of sp³-hybridized carbons (Fsp3) is 0.158. The van der Waals surface area contributed by atoms with Crippen molar-refractivity contribution in [3.05, 3.63) is 75.6 Å². The average Bonchev–Trinajstić information content (AvgIpc) is 2.60. The number of amides is 1. The van der Waals surface area contributed by atoms with Crippen LogP contribution in [-0.4, -0.2) is 18.0 Å². The van der Waals surface area contributed by atoms with Gasteiger partial charge in [0.1, 0.15) is 11.3 Å². The highest BCUT2D eigenvalue weighted by Crippen LogP contribution is 2.17. The number of hydrogen-bond acceptors (Lipinski definition) is 3. The topological polar surface area (TPSA) is 71.2 Å². The molecule has 5 heteroatoms. The molecule has 0 aliphatic rings. The minimum Gasteiger partial charge on any atom is -0.497 e. The fourth-order valence-corrected chi connectivity index (χ4v) is 2.70. The molecular weight excluding hydrogens is 304 g/mol. The van der Waals surface area contributed by atoms with Gasteiger partial charge >= 0.3 is 0 Å². The van der Waals surface area contributed by atoms with Gasteiger partial charge in [-0.15, -0.1) is 0 Å². The number of ether oxygens (including phenoxy) is 1. The van der Waals surface area contributed by atoms with Gasteiger partial charge in [0, 0.05) is 17.4 Å². The second-order valence-electron chi connectivity index (χ2n) is 5.53. The molecule has 3 rings (SSSR count). The van der Waals surface area contributed by atoms with E-state index in [1.807, 2.05) is 48.5 Å². The number of aromatic nitrogens is 1. The van der Waals surface area contributed by atoms with Crippen molar-refractivity contribution in [1.82, 2.24) is 10.3 Å². The predicted molar refractivity (Wildman–Crippen MR) is 93.5 cm³/mol. The van der Waals surface area contributed by atoms with E-state index >= 15 is 0 Å². The van der Waals surface area contributed by atoms with Crippen LogP contribution in [0.25, 0.3) is 10.9 Å². The van der Waals surface area contributed by atoms with E-state index < -0.39 is 0 Å². The van der Waals surface area contributed by atoms with Crippen molar-refractivity contribution >= 4 is 16.8 Å². The summed E-state index contributed by atoms with van der Waals surface area (Å²) < 4.78 is 5.10. The Bertz CT molecular complexity index is 943. The molecule has 3 aromatic rings. The Morgan fingerprint density at radius 3 is 2.54 bits per heavy atom. The summed E-state index contributed by atoms with van der Waals surface area (Å²) in [6.45, 7) is 2.13. The number of H-pyrrole nitrogens is 1. The van der Waals surface area contributed by atoms with Gasteiger partial charge in [0.05, 0.1) is 7.11 Å². The standard InChI is InChI=1S/C19H18N2O3/c1-12-15-5-3-4-6-16(15)21-19(23)17(12)18(22)20-11-13-7-9-14(24-2)10-8-13/h3-10H,11H2,1-2H3,(H,20,22)(H,21,23). The van der Waals surface area contributed by atoms with Crippen molar-refractivity contribution < 1.29 is 9.53 Å². The Hall–Kier alpha value is -3.08. The molecule has 1 amide bonds. The van der Waals surface area contributed by atoms with Gasteiger partial charge < -0.3 is 15.0 Å². The van der Waals surface area contributed by atoms with Gasteiger partial charge in [0.2, 0.25) is 0 Å². The molecule has 0 saturated heterocycles. The largest absolute Gasteiger partial charge is 0.497 e. The van der Waals surface area contributed by atoms with Crippen LogP contribution in [0, 0.1) is 6.92 Å². The summed E-state index contributed by atoms with van der Waals surface area (Å²) >= 11 is 0. The van der Waals surface area contributed by atoms with Crippen molar-refractivity contribution in [3.8, 4) is 5.75 Å². The van der Waals surface area contributed by atoms with Crippen molar-refractivity contribution in [2.75, 3.05) is 7.11 Å². The van der Waals surface area contributed by atoms with E-state index in [-0.39, 0.29) is 17.0 Å². The third kappa shape index (κ3) is 3.01. The number of pyridine rings is 1. The third-order valence-electron chi connectivity index (χ3n) is 4.02. The summed E-state index contributed by atoms with van der Waals surface area (Å²) in [5.74, 6) is 0.377. The molecular formula is C19H18N2O3. The lowest BCUT2D eigenvalue weighted by Crippen LogP contribution is -2.30. The van der Waals surface area contributed by atoms with Crippen LogP contribution in [0.15, 0.2) is 53.3 Å². The number of aryl methyl sites for hydroxylation is 1. The van der Waals surface area contributed by atoms with Gasteiger partial charge in [0.25, 0.3) is 11.5 Å². The van der Waals surface area contributed by atoms with Crippen molar-refractivity contribution in [2.24, 2.45) is 0 Å². The van der Waals surface area contributed by atoms with E-state index in [1.54, 1.807) is 14.0 Å². The summed E-state index contributed by atoms with van der Waals surface area (Å²) in [6, 6.07) is 14.8. The first-order chi connectivity index (χ1) is 11.6. The lowest BCUT2D eigenvalue weighted by atomic mass is 10.0. The summed E-state index contributed by atoms with van der Waals surface area (Å²) in [6.07, 6.45) is 0. The molecule has 5 nitrogen and oxygen atoms in total. The maximum absolute atomic E-state index is 12.5. The molecule has 0 atom stereocenters. The first kappa shape index (κ1) is 15.8. The normalized spacial score (nSPS) is 10.6. The molecule has 1 heterocycles. The lowest BCUT2D eigenvalue weighted by Gasteiger charge is -2.10. The number of rotatable bonds is 4. The fourth-order valence-electron chi connectivity index (χ4n) is 2.70. The Morgan fingerprint density at radius 2 is 1.83 bits per heavy atom. The van der Waals surface area contributed by atoms with Gasteiger partial charge in [0.15, 0.2) is 0 Å². The van der Waals surface area contributed by atoms with E-state index in [1.165, 1.54) is 0 Å². The van der Waals surface area contributed by atoms with E-state index in [9.17, 15) is 9.59 Å². The van der Waals surface area contributed by atoms with Crippen LogP contribution in [0.1, 0.15) is 21.5 Å². The number of aromatic amines is 1. The highest BCUT2D eigenvalue weighted by molar-refractivity contribution is 5.99. The molecule has 0 bridgehead atoms. The number of fused-ring (bicyclic) bond motifs is 1. The average molecular weight is 322 g/mol. The second kappa shape index (κ2) is 6.58. The quantitative estimate of drug-likeness (QED) is 0.776. The molecule has 0 fully saturated rings. The minimum atomic E-state index is -0.379. The van der Waals surface area contributed by atoms with E-state index in [4.69, 9.17) is 4.74 Å². The Labute approximate surface area is 139 Å². The molecule has 1 aromatic heterocycles. The first-order valence-corrected chi connectivity index (χ1v) is 7.63. The zero-order valence-electron chi connectivity index (χ0n) is 13.6. The highest BCUT2D eigenvalue weighted by Gasteiger charge is 2.16. The lowest BCUT2D eigenvalue weighted by molar-refractivity contribution is 0.0949. The molecule has 24 heavy (non-hydrogen) atoms. The van der Waals surface area contributed by atoms with Crippen molar-refractivity contribution in [2.45, 2.75) is 13.5 Å². The van der Waals surface area contributed by atoms with Gasteiger partial charge in [-0.3, -0.25) is 9.59 Å². The zero-order chi connectivity index (χ0) is 17.1. The number of carbonyl (C=O) groups is 1. The monoisotopic (exact) mass is 322 g/mol. The second-order valence-corrected chi connectivity index (χ2v) is 5.53. The summed E-state index contributed by atoms with van der Waals surface area (Å²) in [5.41, 5.74) is 2.12. The number of benzene rings is 2. The molecule has 0 unspecified atom stereocenters. The summed E-state index contributed by atoms with van der Waals surface area (Å²) in [5, 5.41) is 3.67. The van der Waals surface area contributed by atoms with Crippen LogP contribution in [-0.2, 0) is 6.54 Å². The van der Waals surface area contributed by atoms with Crippen LogP contribution in [0.3, 0.4) is 0 Å². The molecule has 0 aliphatic heterocycles. The van der Waals surface area contributed by atoms with Crippen LogP contribution >= 0.6 is 0 Å². The van der Waals surface area contributed by atoms with Crippen molar-refractivity contribution in [1.29, 1.82) is 0 Å². The molecule has 0 radical (unpaired) electrons. The number of methoxy groups -OCH3 is 1. The van der Waals surface area contributed by atoms with Gasteiger partial charge in [-0.2, -0.15) is 0 Å². The van der Waals surface area contributed by atoms with E-state index in [0.717, 1.165) is 22.2 Å². The van der Waals surface area contributed by atoms with Gasteiger partial charge in [-0.25, -0.2) is 0 Å². The molecule has 0 spiro atoms. The zero-order valence-corrected chi connectivity index (χ0v) is 13.6. The number of hydrogen-bond donors (Lipinski definition) is 2. The van der Waals surface area contributed by atoms with Crippen LogP contribution in [0.4, 0.5) is 0 Å². The molecule has 122 valence electrons. The van der Waals surface area contributed by atoms with E-state index in [0.29, 0.717) is 12.1 Å². The molecule has 2 aromatic carbocycles. The number of para-hydroxylation sites is 1. The maximum Gasteiger partial charge on any atom is 0.261 e. The van der Waals surface area contributed by atoms with Gasteiger partial charge in [-0.1, -0.05) is 30.3 Å². The molecule has 0 saturated carbocycles.